The first kappa shape index (κ1) is 22.4. The van der Waals surface area contributed by atoms with Crippen LogP contribution >= 0.6 is 0 Å². The van der Waals surface area contributed by atoms with Gasteiger partial charge in [-0.1, -0.05) is 19.1 Å². The fourth-order valence-corrected chi connectivity index (χ4v) is 3.52. The minimum absolute atomic E-state index is 0.165. The van der Waals surface area contributed by atoms with Crippen LogP contribution in [-0.4, -0.2) is 54.6 Å². The maximum absolute atomic E-state index is 12.8. The van der Waals surface area contributed by atoms with E-state index in [0.717, 1.165) is 24.2 Å². The van der Waals surface area contributed by atoms with Crippen LogP contribution in [0, 0.1) is 6.92 Å². The van der Waals surface area contributed by atoms with Crippen molar-refractivity contribution in [2.24, 2.45) is 0 Å². The fraction of sp³-hybridized carbons (Fsp3) is 0.435. The van der Waals surface area contributed by atoms with Gasteiger partial charge >= 0.3 is 11.9 Å². The summed E-state index contributed by atoms with van der Waals surface area (Å²) in [6.07, 6.45) is 2.40. The lowest BCUT2D eigenvalue weighted by Gasteiger charge is -2.22. The van der Waals surface area contributed by atoms with Crippen molar-refractivity contribution in [3.05, 3.63) is 52.3 Å². The van der Waals surface area contributed by atoms with E-state index in [-0.39, 0.29) is 24.2 Å². The number of nitrogens with one attached hydrogen (secondary N) is 1. The van der Waals surface area contributed by atoms with E-state index in [1.54, 1.807) is 18.9 Å². The van der Waals surface area contributed by atoms with Crippen LogP contribution < -0.4 is 4.74 Å². The van der Waals surface area contributed by atoms with Gasteiger partial charge in [0.25, 0.3) is 5.91 Å². The first-order valence-electron chi connectivity index (χ1n) is 10.3. The Morgan fingerprint density at radius 2 is 1.77 bits per heavy atom. The van der Waals surface area contributed by atoms with E-state index in [1.807, 2.05) is 31.2 Å². The van der Waals surface area contributed by atoms with E-state index < -0.39 is 11.9 Å². The topological polar surface area (TPSA) is 97.9 Å². The van der Waals surface area contributed by atoms with Crippen molar-refractivity contribution in [3.8, 4) is 5.75 Å². The van der Waals surface area contributed by atoms with Gasteiger partial charge < -0.3 is 24.1 Å². The predicted octanol–water partition coefficient (Wildman–Crippen LogP) is 3.03. The zero-order chi connectivity index (χ0) is 22.5. The number of ether oxygens (including phenoxy) is 3. The summed E-state index contributed by atoms with van der Waals surface area (Å²) in [6.45, 7) is 3.60. The van der Waals surface area contributed by atoms with Gasteiger partial charge in [0.05, 0.1) is 19.8 Å². The van der Waals surface area contributed by atoms with E-state index in [4.69, 9.17) is 14.2 Å². The molecule has 0 atom stereocenters. The number of H-pyrrole nitrogens is 1. The molecule has 0 spiro atoms. The number of hydrogen-bond acceptors (Lipinski definition) is 6. The first-order chi connectivity index (χ1) is 14.9. The zero-order valence-electron chi connectivity index (χ0n) is 18.3. The van der Waals surface area contributed by atoms with E-state index in [1.165, 1.54) is 7.11 Å². The van der Waals surface area contributed by atoms with Crippen LogP contribution in [0.3, 0.4) is 0 Å². The minimum atomic E-state index is -0.670. The van der Waals surface area contributed by atoms with Gasteiger partial charge in [0.2, 0.25) is 0 Å². The number of aryl methyl sites for hydroxylation is 1. The lowest BCUT2D eigenvalue weighted by molar-refractivity contribution is -0.135. The highest BCUT2D eigenvalue weighted by molar-refractivity contribution is 5.99. The van der Waals surface area contributed by atoms with Crippen molar-refractivity contribution in [2.75, 3.05) is 20.8 Å². The number of esters is 2. The predicted molar refractivity (Wildman–Crippen MR) is 113 cm³/mol. The Bertz CT molecular complexity index is 959. The highest BCUT2D eigenvalue weighted by Gasteiger charge is 2.33. The third kappa shape index (κ3) is 5.07. The molecule has 2 aromatic rings. The number of nitrogens with zero attached hydrogens (tertiary/aromatic N) is 1. The van der Waals surface area contributed by atoms with Crippen molar-refractivity contribution < 1.29 is 28.6 Å². The van der Waals surface area contributed by atoms with Crippen LogP contribution in [0.1, 0.15) is 57.4 Å². The number of amides is 1. The molecule has 1 aliphatic carbocycles. The average molecular weight is 428 g/mol. The van der Waals surface area contributed by atoms with Gasteiger partial charge in [0.15, 0.2) is 6.61 Å². The Morgan fingerprint density at radius 3 is 2.32 bits per heavy atom. The Kier molecular flexibility index (Phi) is 6.99. The highest BCUT2D eigenvalue weighted by Crippen LogP contribution is 2.29. The Balaban J connectivity index is 1.66. The number of methoxy groups -OCH3 is 2. The molecule has 0 aliphatic heterocycles. The Labute approximate surface area is 181 Å². The standard InChI is InChI=1S/C23H28N2O6/c1-5-18-20(22(27)30-4)14(2)21(24-18)23(28)31-13-19(26)25(16-8-9-16)12-15-6-10-17(29-3)11-7-15/h6-7,10-11,16,24H,5,8-9,12-13H2,1-4H3. The second-order valence-electron chi connectivity index (χ2n) is 7.50. The van der Waals surface area contributed by atoms with Crippen LogP contribution in [0.2, 0.25) is 0 Å². The molecule has 1 aromatic heterocycles. The zero-order valence-corrected chi connectivity index (χ0v) is 18.3. The number of benzene rings is 1. The molecule has 1 N–H and O–H groups in total. The molecule has 1 amide bonds. The number of hydrogen-bond donors (Lipinski definition) is 1. The normalized spacial score (nSPS) is 12.9. The van der Waals surface area contributed by atoms with Gasteiger partial charge in [-0.25, -0.2) is 9.59 Å². The van der Waals surface area contributed by atoms with Crippen LogP contribution in [0.15, 0.2) is 24.3 Å². The van der Waals surface area contributed by atoms with E-state index in [9.17, 15) is 14.4 Å². The lowest BCUT2D eigenvalue weighted by Crippen LogP contribution is -2.36. The second-order valence-corrected chi connectivity index (χ2v) is 7.50. The van der Waals surface area contributed by atoms with Gasteiger partial charge in [0.1, 0.15) is 11.4 Å². The first-order valence-corrected chi connectivity index (χ1v) is 10.3. The molecule has 1 saturated carbocycles. The van der Waals surface area contributed by atoms with Crippen molar-refractivity contribution in [1.29, 1.82) is 0 Å². The maximum atomic E-state index is 12.8. The molecule has 166 valence electrons. The summed E-state index contributed by atoms with van der Waals surface area (Å²) >= 11 is 0. The number of aromatic amines is 1. The lowest BCUT2D eigenvalue weighted by atomic mass is 10.1. The van der Waals surface area contributed by atoms with Crippen LogP contribution in [0.4, 0.5) is 0 Å². The van der Waals surface area contributed by atoms with E-state index >= 15 is 0 Å². The summed E-state index contributed by atoms with van der Waals surface area (Å²) in [6, 6.07) is 7.69. The number of carbonyl (C=O) groups is 3. The number of rotatable bonds is 9. The number of aromatic nitrogens is 1. The molecule has 3 rings (SSSR count). The van der Waals surface area contributed by atoms with Crippen LogP contribution in [0.25, 0.3) is 0 Å². The molecule has 8 heteroatoms. The summed E-state index contributed by atoms with van der Waals surface area (Å²) in [7, 11) is 2.90. The maximum Gasteiger partial charge on any atom is 0.355 e. The molecule has 1 aliphatic rings. The van der Waals surface area contributed by atoms with E-state index in [0.29, 0.717) is 29.8 Å². The molecule has 31 heavy (non-hydrogen) atoms. The van der Waals surface area contributed by atoms with Gasteiger partial charge in [-0.05, 0) is 49.4 Å². The van der Waals surface area contributed by atoms with E-state index in [2.05, 4.69) is 4.98 Å². The Morgan fingerprint density at radius 1 is 1.10 bits per heavy atom. The summed E-state index contributed by atoms with van der Waals surface area (Å²) in [5, 5.41) is 0. The summed E-state index contributed by atoms with van der Waals surface area (Å²) in [5.74, 6) is -0.683. The van der Waals surface area contributed by atoms with Gasteiger partial charge in [-0.2, -0.15) is 0 Å². The molecular weight excluding hydrogens is 400 g/mol. The molecule has 0 saturated heterocycles. The summed E-state index contributed by atoms with van der Waals surface area (Å²) in [5.41, 5.74) is 2.53. The van der Waals surface area contributed by atoms with Crippen molar-refractivity contribution in [2.45, 2.75) is 45.7 Å². The van der Waals surface area contributed by atoms with Gasteiger partial charge in [0, 0.05) is 18.3 Å². The molecule has 1 fully saturated rings. The van der Waals surface area contributed by atoms with Gasteiger partial charge in [-0.15, -0.1) is 0 Å². The van der Waals surface area contributed by atoms with Crippen LogP contribution in [-0.2, 0) is 27.2 Å². The molecule has 1 heterocycles. The summed E-state index contributed by atoms with van der Waals surface area (Å²) in [4.78, 5) is 42.1. The molecule has 0 radical (unpaired) electrons. The quantitative estimate of drug-likeness (QED) is 0.617. The average Bonchev–Trinajstić information content (AvgIpc) is 3.57. The fourth-order valence-electron chi connectivity index (χ4n) is 3.52. The molecule has 1 aromatic carbocycles. The third-order valence-corrected chi connectivity index (χ3v) is 5.42. The van der Waals surface area contributed by atoms with Crippen molar-refractivity contribution in [1.82, 2.24) is 9.88 Å². The molecule has 0 unspecified atom stereocenters. The molecule has 8 nitrogen and oxygen atoms in total. The summed E-state index contributed by atoms with van der Waals surface area (Å²) < 4.78 is 15.3. The molecule has 0 bridgehead atoms. The number of carbonyl (C=O) groups excluding carboxylic acids is 3. The second kappa shape index (κ2) is 9.68. The third-order valence-electron chi connectivity index (χ3n) is 5.42. The van der Waals surface area contributed by atoms with Crippen LogP contribution in [0.5, 0.6) is 5.75 Å². The molecular formula is C23H28N2O6. The monoisotopic (exact) mass is 428 g/mol. The largest absolute Gasteiger partial charge is 0.497 e. The minimum Gasteiger partial charge on any atom is -0.497 e. The van der Waals surface area contributed by atoms with Crippen molar-refractivity contribution in [3.63, 3.8) is 0 Å². The SMILES string of the molecule is CCc1[nH]c(C(=O)OCC(=O)N(Cc2ccc(OC)cc2)C2CC2)c(C)c1C(=O)OC. The smallest absolute Gasteiger partial charge is 0.355 e. The Hall–Kier alpha value is -3.29. The highest BCUT2D eigenvalue weighted by atomic mass is 16.5. The van der Waals surface area contributed by atoms with Gasteiger partial charge in [-0.3, -0.25) is 4.79 Å². The van der Waals surface area contributed by atoms with Crippen molar-refractivity contribution >= 4 is 17.8 Å².